The zero-order valence-electron chi connectivity index (χ0n) is 15.1. The van der Waals surface area contributed by atoms with E-state index in [9.17, 15) is 9.59 Å². The predicted molar refractivity (Wildman–Crippen MR) is 100 cm³/mol. The quantitative estimate of drug-likeness (QED) is 0.872. The molecule has 2 rings (SSSR count). The average molecular weight is 340 g/mol. The lowest BCUT2D eigenvalue weighted by molar-refractivity contribution is -0.117. The summed E-state index contributed by atoms with van der Waals surface area (Å²) in [6, 6.07) is 13.2. The minimum atomic E-state index is -0.135. The fourth-order valence-corrected chi connectivity index (χ4v) is 2.60. The van der Waals surface area contributed by atoms with Crippen molar-refractivity contribution < 1.29 is 14.3 Å². The number of hydrogen-bond acceptors (Lipinski definition) is 3. The van der Waals surface area contributed by atoms with E-state index in [2.05, 4.69) is 5.32 Å². The number of para-hydroxylation sites is 2. The average Bonchev–Trinajstić information content (AvgIpc) is 2.58. The first-order valence-electron chi connectivity index (χ1n) is 8.20. The summed E-state index contributed by atoms with van der Waals surface area (Å²) in [7, 11) is 1.56. The summed E-state index contributed by atoms with van der Waals surface area (Å²) in [6.07, 6.45) is 0.199. The van der Waals surface area contributed by atoms with Crippen molar-refractivity contribution in [3.05, 3.63) is 53.6 Å². The van der Waals surface area contributed by atoms with Gasteiger partial charge in [-0.3, -0.25) is 9.59 Å². The second-order valence-electron chi connectivity index (χ2n) is 5.96. The molecule has 0 aliphatic carbocycles. The zero-order chi connectivity index (χ0) is 18.4. The SMILES string of the molecule is COc1ccccc1N(CCC(=O)Nc1cc(C)ccc1C)C(C)=O. The molecule has 1 N–H and O–H groups in total. The molecule has 5 heteroatoms. The molecule has 0 atom stereocenters. The zero-order valence-corrected chi connectivity index (χ0v) is 15.1. The molecule has 0 unspecified atom stereocenters. The number of amides is 2. The van der Waals surface area contributed by atoms with Crippen LogP contribution in [0.2, 0.25) is 0 Å². The molecule has 0 bridgehead atoms. The van der Waals surface area contributed by atoms with E-state index in [4.69, 9.17) is 4.74 Å². The Balaban J connectivity index is 2.07. The van der Waals surface area contributed by atoms with Gasteiger partial charge in [-0.15, -0.1) is 0 Å². The number of nitrogens with zero attached hydrogens (tertiary/aromatic N) is 1. The van der Waals surface area contributed by atoms with Crippen molar-refractivity contribution in [1.82, 2.24) is 0 Å². The number of carbonyl (C=O) groups excluding carboxylic acids is 2. The number of nitrogens with one attached hydrogen (secondary N) is 1. The van der Waals surface area contributed by atoms with E-state index in [1.54, 1.807) is 18.1 Å². The van der Waals surface area contributed by atoms with Crippen LogP contribution >= 0.6 is 0 Å². The normalized spacial score (nSPS) is 10.2. The monoisotopic (exact) mass is 340 g/mol. The standard InChI is InChI=1S/C20H24N2O3/c1-14-9-10-15(2)17(13-14)21-20(24)11-12-22(16(3)23)18-7-5-6-8-19(18)25-4/h5-10,13H,11-12H2,1-4H3,(H,21,24). The molecule has 0 aliphatic rings. The molecule has 2 amide bonds. The number of rotatable bonds is 6. The predicted octanol–water partition coefficient (Wildman–Crippen LogP) is 3.69. The van der Waals surface area contributed by atoms with Crippen LogP contribution in [0.4, 0.5) is 11.4 Å². The van der Waals surface area contributed by atoms with Crippen LogP contribution in [-0.2, 0) is 9.59 Å². The van der Waals surface area contributed by atoms with Crippen LogP contribution in [0.15, 0.2) is 42.5 Å². The highest BCUT2D eigenvalue weighted by molar-refractivity contribution is 5.96. The van der Waals surface area contributed by atoms with E-state index in [1.807, 2.05) is 50.2 Å². The van der Waals surface area contributed by atoms with Gasteiger partial charge in [0.2, 0.25) is 11.8 Å². The molecule has 0 saturated heterocycles. The first-order valence-corrected chi connectivity index (χ1v) is 8.20. The van der Waals surface area contributed by atoms with Crippen LogP contribution in [0.1, 0.15) is 24.5 Å². The lowest BCUT2D eigenvalue weighted by Gasteiger charge is -2.23. The first-order chi connectivity index (χ1) is 11.9. The number of aryl methyl sites for hydroxylation is 2. The fourth-order valence-electron chi connectivity index (χ4n) is 2.60. The van der Waals surface area contributed by atoms with E-state index in [1.165, 1.54) is 6.92 Å². The molecular formula is C20H24N2O3. The molecule has 2 aromatic carbocycles. The van der Waals surface area contributed by atoms with Gasteiger partial charge in [0.05, 0.1) is 12.8 Å². The second kappa shape index (κ2) is 8.33. The maximum absolute atomic E-state index is 12.3. The Labute approximate surface area is 148 Å². The van der Waals surface area contributed by atoms with Crippen molar-refractivity contribution in [2.45, 2.75) is 27.2 Å². The molecule has 0 saturated carbocycles. The van der Waals surface area contributed by atoms with Crippen molar-refractivity contribution in [2.24, 2.45) is 0 Å². The van der Waals surface area contributed by atoms with Crippen LogP contribution in [0.5, 0.6) is 5.75 Å². The largest absolute Gasteiger partial charge is 0.495 e. The Bertz CT molecular complexity index is 771. The summed E-state index contributed by atoms with van der Waals surface area (Å²) >= 11 is 0. The van der Waals surface area contributed by atoms with E-state index < -0.39 is 0 Å². The van der Waals surface area contributed by atoms with Gasteiger partial charge in [-0.25, -0.2) is 0 Å². The number of ether oxygens (including phenoxy) is 1. The Hall–Kier alpha value is -2.82. The van der Waals surface area contributed by atoms with Gasteiger partial charge in [-0.2, -0.15) is 0 Å². The third-order valence-electron chi connectivity index (χ3n) is 3.99. The smallest absolute Gasteiger partial charge is 0.226 e. The molecule has 0 aromatic heterocycles. The van der Waals surface area contributed by atoms with Gasteiger partial charge >= 0.3 is 0 Å². The first kappa shape index (κ1) is 18.5. The van der Waals surface area contributed by atoms with Gasteiger partial charge in [0.25, 0.3) is 0 Å². The van der Waals surface area contributed by atoms with E-state index >= 15 is 0 Å². The molecule has 0 spiro atoms. The lowest BCUT2D eigenvalue weighted by Crippen LogP contribution is -2.32. The molecule has 0 radical (unpaired) electrons. The maximum Gasteiger partial charge on any atom is 0.226 e. The van der Waals surface area contributed by atoms with Crippen molar-refractivity contribution >= 4 is 23.2 Å². The Morgan fingerprint density at radius 1 is 1.12 bits per heavy atom. The minimum absolute atomic E-state index is 0.130. The third kappa shape index (κ3) is 4.83. The van der Waals surface area contributed by atoms with E-state index in [0.29, 0.717) is 11.4 Å². The summed E-state index contributed by atoms with van der Waals surface area (Å²) in [4.78, 5) is 25.9. The molecule has 132 valence electrons. The number of hydrogen-bond donors (Lipinski definition) is 1. The molecule has 2 aromatic rings. The van der Waals surface area contributed by atoms with Crippen LogP contribution in [-0.4, -0.2) is 25.5 Å². The van der Waals surface area contributed by atoms with Crippen molar-refractivity contribution in [1.29, 1.82) is 0 Å². The summed E-state index contributed by atoms with van der Waals surface area (Å²) in [5.41, 5.74) is 3.56. The van der Waals surface area contributed by atoms with Gasteiger partial charge in [0.1, 0.15) is 5.75 Å². The summed E-state index contributed by atoms with van der Waals surface area (Å²) in [5, 5.41) is 2.92. The summed E-state index contributed by atoms with van der Waals surface area (Å²) in [5.74, 6) is 0.339. The topological polar surface area (TPSA) is 58.6 Å². The van der Waals surface area contributed by atoms with Gasteiger partial charge in [-0.05, 0) is 43.2 Å². The molecule has 0 heterocycles. The summed E-state index contributed by atoms with van der Waals surface area (Å²) < 4.78 is 5.31. The van der Waals surface area contributed by atoms with E-state index in [0.717, 1.165) is 16.8 Å². The van der Waals surface area contributed by atoms with E-state index in [-0.39, 0.29) is 24.8 Å². The lowest BCUT2D eigenvalue weighted by atomic mass is 10.1. The highest BCUT2D eigenvalue weighted by Crippen LogP contribution is 2.28. The summed E-state index contributed by atoms with van der Waals surface area (Å²) in [6.45, 7) is 5.70. The second-order valence-corrected chi connectivity index (χ2v) is 5.96. The number of carbonyl (C=O) groups is 2. The molecule has 0 fully saturated rings. The highest BCUT2D eigenvalue weighted by Gasteiger charge is 2.17. The van der Waals surface area contributed by atoms with Crippen molar-refractivity contribution in [2.75, 3.05) is 23.9 Å². The van der Waals surface area contributed by atoms with Crippen LogP contribution < -0.4 is 15.0 Å². The van der Waals surface area contributed by atoms with Gasteiger partial charge in [0, 0.05) is 25.6 Å². The van der Waals surface area contributed by atoms with Crippen LogP contribution in [0, 0.1) is 13.8 Å². The molecule has 5 nitrogen and oxygen atoms in total. The highest BCUT2D eigenvalue weighted by atomic mass is 16.5. The maximum atomic E-state index is 12.3. The van der Waals surface area contributed by atoms with Gasteiger partial charge in [-0.1, -0.05) is 24.3 Å². The molecule has 25 heavy (non-hydrogen) atoms. The Kier molecular flexibility index (Phi) is 6.17. The van der Waals surface area contributed by atoms with Gasteiger partial charge < -0.3 is 15.0 Å². The van der Waals surface area contributed by atoms with Crippen molar-refractivity contribution in [3.63, 3.8) is 0 Å². The Morgan fingerprint density at radius 2 is 1.84 bits per heavy atom. The van der Waals surface area contributed by atoms with Crippen LogP contribution in [0.3, 0.4) is 0 Å². The molecular weight excluding hydrogens is 316 g/mol. The molecule has 0 aliphatic heterocycles. The number of benzene rings is 2. The van der Waals surface area contributed by atoms with Gasteiger partial charge in [0.15, 0.2) is 0 Å². The Morgan fingerprint density at radius 3 is 2.52 bits per heavy atom. The van der Waals surface area contributed by atoms with Crippen LogP contribution in [0.25, 0.3) is 0 Å². The number of anilines is 2. The minimum Gasteiger partial charge on any atom is -0.495 e. The third-order valence-corrected chi connectivity index (χ3v) is 3.99. The number of methoxy groups -OCH3 is 1. The van der Waals surface area contributed by atoms with Crippen molar-refractivity contribution in [3.8, 4) is 5.75 Å². The fraction of sp³-hybridized carbons (Fsp3) is 0.300.